The van der Waals surface area contributed by atoms with Gasteiger partial charge in [0.05, 0.1) is 25.6 Å². The van der Waals surface area contributed by atoms with Crippen LogP contribution in [0, 0.1) is 0 Å². The summed E-state index contributed by atoms with van der Waals surface area (Å²) in [4.78, 5) is 38.4. The van der Waals surface area contributed by atoms with Crippen LogP contribution in [0.1, 0.15) is 18.9 Å². The van der Waals surface area contributed by atoms with Crippen molar-refractivity contribution in [3.8, 4) is 0 Å². The van der Waals surface area contributed by atoms with Crippen LogP contribution in [0.2, 0.25) is 0 Å². The maximum atomic E-state index is 16.1. The summed E-state index contributed by atoms with van der Waals surface area (Å²) in [6.45, 7) is -4.55. The summed E-state index contributed by atoms with van der Waals surface area (Å²) in [7, 11) is 0. The minimum Gasteiger partial charge on any atom is -0.398 e. The molecule has 6 N–H and O–H groups in total. The number of thiol groups is 1. The summed E-state index contributed by atoms with van der Waals surface area (Å²) in [6, 6.07) is 3.33. The van der Waals surface area contributed by atoms with Crippen molar-refractivity contribution in [2.24, 2.45) is 0 Å². The summed E-state index contributed by atoms with van der Waals surface area (Å²) >= 11 is 15.3. The van der Waals surface area contributed by atoms with Crippen LogP contribution in [-0.4, -0.2) is 77.8 Å². The molecule has 9 atom stereocenters. The Morgan fingerprint density at radius 2 is 1.89 bits per heavy atom. The molecule has 3 aliphatic heterocycles. The summed E-state index contributed by atoms with van der Waals surface area (Å²) in [6.07, 6.45) is -3.38. The maximum Gasteiger partial charge on any atom is 0.325 e. The van der Waals surface area contributed by atoms with Gasteiger partial charge in [-0.1, -0.05) is 12.2 Å². The third-order valence-corrected chi connectivity index (χ3v) is 11.2. The number of nitrogens with two attached hydrogens (primary N) is 2. The monoisotopic (exact) mass is 706 g/mol. The predicted octanol–water partition coefficient (Wildman–Crippen LogP) is 2.05. The standard InChI is InChI=1S/C22H25FN8O8P2S3/c23-14-16-13(37-21(14)30-4-2-10-11(24)1-3-26-17(10)30)7-34-40(33,42)38-12-5-9(6-35-41(43,44)39-16)36-20(12)31-8-27-15-18(31)28-22(25)29-19(15)32/h1-4,8-9,12-14,16,20-21H,5-7H2,(H2,24,26)(H,33,42)(H,43,44)(H3,25,28,29,32)/t9-,12+,13+,14-,16+,20+,21+,40?/m0/s1. The highest BCUT2D eigenvalue weighted by Crippen LogP contribution is 2.58. The van der Waals surface area contributed by atoms with Crippen LogP contribution in [0.15, 0.2) is 35.6 Å². The van der Waals surface area contributed by atoms with Gasteiger partial charge in [-0.15, -0.1) is 0 Å². The molecule has 4 aromatic rings. The molecule has 0 amide bonds. The number of aromatic nitrogens is 6. The van der Waals surface area contributed by atoms with E-state index in [0.717, 1.165) is 0 Å². The summed E-state index contributed by atoms with van der Waals surface area (Å²) in [5, 5.41) is 0.614. The first-order valence-electron chi connectivity index (χ1n) is 13.1. The number of ether oxygens (including phenoxy) is 2. The Balaban J connectivity index is 1.19. The van der Waals surface area contributed by atoms with E-state index in [9.17, 15) is 9.69 Å². The number of pyridine rings is 1. The Morgan fingerprint density at radius 3 is 2.70 bits per heavy atom. The number of nitrogens with zero attached hydrogens (tertiary/aromatic N) is 5. The van der Waals surface area contributed by atoms with Gasteiger partial charge in [-0.3, -0.25) is 14.3 Å². The minimum atomic E-state index is -4.01. The fourth-order valence-corrected chi connectivity index (χ4v) is 8.91. The van der Waals surface area contributed by atoms with Crippen LogP contribution in [0.5, 0.6) is 0 Å². The molecule has 0 aromatic carbocycles. The molecule has 2 bridgehead atoms. The number of fused-ring (bicyclic) bond motifs is 5. The number of aromatic amines is 1. The van der Waals surface area contributed by atoms with Crippen molar-refractivity contribution in [2.75, 3.05) is 24.7 Å². The van der Waals surface area contributed by atoms with E-state index in [4.69, 9.17) is 62.6 Å². The second-order valence-corrected chi connectivity index (χ2v) is 18.3. The first kappa shape index (κ1) is 30.6. The molecular weight excluding hydrogens is 681 g/mol. The lowest BCUT2D eigenvalue weighted by molar-refractivity contribution is -0.0567. The number of imidazole rings is 1. The predicted molar refractivity (Wildman–Crippen MR) is 165 cm³/mol. The Kier molecular flexibility index (Phi) is 7.87. The van der Waals surface area contributed by atoms with Crippen molar-refractivity contribution in [2.45, 2.75) is 49.5 Å². The zero-order valence-electron chi connectivity index (χ0n) is 22.3. The average Bonchev–Trinajstić information content (AvgIpc) is 3.72. The molecule has 236 valence electrons. The van der Waals surface area contributed by atoms with Crippen LogP contribution in [0.25, 0.3) is 22.2 Å². The second-order valence-electron chi connectivity index (χ2n) is 10.3. The summed E-state index contributed by atoms with van der Waals surface area (Å²) < 4.78 is 54.7. The highest BCUT2D eigenvalue weighted by Gasteiger charge is 2.51. The van der Waals surface area contributed by atoms with E-state index in [0.29, 0.717) is 16.7 Å². The Labute approximate surface area is 262 Å². The van der Waals surface area contributed by atoms with Gasteiger partial charge in [0, 0.05) is 29.9 Å². The molecule has 3 fully saturated rings. The molecule has 4 aromatic heterocycles. The lowest BCUT2D eigenvalue weighted by Gasteiger charge is -2.28. The molecule has 0 aliphatic carbocycles. The Hall–Kier alpha value is -2.06. The van der Waals surface area contributed by atoms with Gasteiger partial charge < -0.3 is 48.5 Å². The lowest BCUT2D eigenvalue weighted by Crippen LogP contribution is -2.33. The number of halogens is 1. The topological polar surface area (TPSA) is 209 Å². The smallest absolute Gasteiger partial charge is 0.325 e. The van der Waals surface area contributed by atoms with E-state index in [1.165, 1.54) is 21.7 Å². The van der Waals surface area contributed by atoms with E-state index in [1.807, 2.05) is 0 Å². The van der Waals surface area contributed by atoms with Crippen molar-refractivity contribution in [1.82, 2.24) is 29.1 Å². The SMILES string of the molecule is Nc1nc2c(ncn2[C@@H]2O[C@@H]3COP(=S)(S)O[C@H]4[C@H](F)[C@H](n5ccc6c(N)ccnc65)O[C@@H]4COP(O)(=S)O[C@@H]2C3)c(=O)[nH]1. The Morgan fingerprint density at radius 1 is 1.07 bits per heavy atom. The van der Waals surface area contributed by atoms with E-state index >= 15 is 4.39 Å². The zero-order chi connectivity index (χ0) is 31.0. The van der Waals surface area contributed by atoms with E-state index in [-0.39, 0.29) is 30.1 Å². The van der Waals surface area contributed by atoms with Crippen molar-refractivity contribution in [3.05, 3.63) is 41.2 Å². The number of anilines is 2. The summed E-state index contributed by atoms with van der Waals surface area (Å²) in [5.41, 5.74) is 8.86. The van der Waals surface area contributed by atoms with Gasteiger partial charge in [-0.25, -0.2) is 14.4 Å². The number of hydrogen-bond acceptors (Lipinski definition) is 14. The molecule has 7 heterocycles. The van der Waals surface area contributed by atoms with Crippen molar-refractivity contribution < 1.29 is 36.9 Å². The van der Waals surface area contributed by atoms with Crippen molar-refractivity contribution >= 4 is 82.1 Å². The second kappa shape index (κ2) is 11.3. The average molecular weight is 707 g/mol. The molecule has 0 saturated carbocycles. The van der Waals surface area contributed by atoms with E-state index in [1.54, 1.807) is 18.3 Å². The fourth-order valence-electron chi connectivity index (χ4n) is 5.48. The molecule has 3 aliphatic rings. The summed E-state index contributed by atoms with van der Waals surface area (Å²) in [5.74, 6) is -0.131. The van der Waals surface area contributed by atoms with Crippen molar-refractivity contribution in [3.63, 3.8) is 0 Å². The van der Waals surface area contributed by atoms with Gasteiger partial charge >= 0.3 is 6.72 Å². The quantitative estimate of drug-likeness (QED) is 0.149. The van der Waals surface area contributed by atoms with Crippen LogP contribution < -0.4 is 17.0 Å². The molecule has 3 saturated heterocycles. The van der Waals surface area contributed by atoms with E-state index in [2.05, 4.69) is 32.2 Å². The largest absolute Gasteiger partial charge is 0.398 e. The van der Waals surface area contributed by atoms with Crippen LogP contribution in [-0.2, 0) is 51.2 Å². The maximum absolute atomic E-state index is 16.1. The third kappa shape index (κ3) is 5.61. The molecular formula is C22H25FN8O8P2S3. The van der Waals surface area contributed by atoms with Gasteiger partial charge in [0.1, 0.15) is 24.0 Å². The number of hydrogen-bond donors (Lipinski definition) is 5. The minimum absolute atomic E-state index is 0.0164. The number of H-pyrrole nitrogens is 1. The Bertz CT molecular complexity index is 1910. The number of nitrogens with one attached hydrogen (secondary N) is 1. The molecule has 0 spiro atoms. The van der Waals surface area contributed by atoms with Crippen LogP contribution >= 0.6 is 24.7 Å². The van der Waals surface area contributed by atoms with Gasteiger partial charge in [0.15, 0.2) is 29.8 Å². The van der Waals surface area contributed by atoms with Crippen LogP contribution in [0.3, 0.4) is 0 Å². The molecule has 2 unspecified atom stereocenters. The zero-order valence-corrected chi connectivity index (χ0v) is 26.6. The fraction of sp³-hybridized carbons (Fsp3) is 0.455. The molecule has 16 nitrogen and oxygen atoms in total. The lowest BCUT2D eigenvalue weighted by atomic mass is 10.1. The van der Waals surface area contributed by atoms with Crippen molar-refractivity contribution in [1.29, 1.82) is 0 Å². The normalized spacial score (nSPS) is 36.6. The van der Waals surface area contributed by atoms with Crippen LogP contribution in [0.4, 0.5) is 16.0 Å². The van der Waals surface area contributed by atoms with E-state index < -0.39 is 67.6 Å². The molecule has 22 heteroatoms. The van der Waals surface area contributed by atoms with Gasteiger partial charge in [0.25, 0.3) is 5.56 Å². The third-order valence-electron chi connectivity index (χ3n) is 7.41. The number of nitrogen functional groups attached to an aromatic ring is 2. The number of alkyl halides is 1. The molecule has 7 rings (SSSR count). The van der Waals surface area contributed by atoms with Gasteiger partial charge in [-0.2, -0.15) is 4.98 Å². The number of rotatable bonds is 2. The molecule has 0 radical (unpaired) electrons. The highest BCUT2D eigenvalue weighted by atomic mass is 32.9. The molecule has 44 heavy (non-hydrogen) atoms. The first-order chi connectivity index (χ1) is 20.9. The van der Waals surface area contributed by atoms with Gasteiger partial charge in [-0.05, 0) is 35.7 Å². The highest BCUT2D eigenvalue weighted by molar-refractivity contribution is 8.60. The first-order valence-corrected chi connectivity index (χ1v) is 19.5. The van der Waals surface area contributed by atoms with Gasteiger partial charge in [0.2, 0.25) is 11.6 Å².